The predicted molar refractivity (Wildman–Crippen MR) is 69.9 cm³/mol. The standard InChI is InChI=1S/C7H5ClO.C6H11N/c8-7(9)6-4-2-1-3-5-6;1-3-5-7-6-4-2/h1-5H;3-4,7H,1-2,5-6H2. The molecule has 0 spiro atoms. The Morgan fingerprint density at radius 3 is 2.00 bits per heavy atom. The Kier molecular flexibility index (Phi) is 9.27. The van der Waals surface area contributed by atoms with Gasteiger partial charge in [-0.2, -0.15) is 0 Å². The van der Waals surface area contributed by atoms with Crippen molar-refractivity contribution in [1.82, 2.24) is 5.32 Å². The number of carbonyl (C=O) groups is 1. The number of carbonyl (C=O) groups excluding carboxylic acids is 1. The van der Waals surface area contributed by atoms with Crippen LogP contribution in [0.5, 0.6) is 0 Å². The first-order chi connectivity index (χ1) is 7.72. The molecule has 16 heavy (non-hydrogen) atoms. The van der Waals surface area contributed by atoms with Crippen molar-refractivity contribution < 1.29 is 4.79 Å². The van der Waals surface area contributed by atoms with Crippen LogP contribution in [-0.2, 0) is 0 Å². The average molecular weight is 238 g/mol. The molecule has 3 heteroatoms. The fraction of sp³-hybridized carbons (Fsp3) is 0.154. The lowest BCUT2D eigenvalue weighted by molar-refractivity contribution is 0.108. The minimum Gasteiger partial charge on any atom is -0.310 e. The van der Waals surface area contributed by atoms with E-state index in [4.69, 9.17) is 11.6 Å². The number of halogens is 1. The summed E-state index contributed by atoms with van der Waals surface area (Å²) in [4.78, 5) is 10.4. The van der Waals surface area contributed by atoms with Gasteiger partial charge in [0.05, 0.1) is 0 Å². The largest absolute Gasteiger partial charge is 0.310 e. The van der Waals surface area contributed by atoms with Gasteiger partial charge in [-0.1, -0.05) is 42.5 Å². The van der Waals surface area contributed by atoms with E-state index in [9.17, 15) is 4.79 Å². The summed E-state index contributed by atoms with van der Waals surface area (Å²) in [6.07, 6.45) is 3.65. The van der Waals surface area contributed by atoms with Crippen LogP contribution in [0.2, 0.25) is 0 Å². The number of hydrogen-bond acceptors (Lipinski definition) is 2. The Balaban J connectivity index is 0.000000293. The van der Waals surface area contributed by atoms with Gasteiger partial charge in [0.25, 0.3) is 5.24 Å². The van der Waals surface area contributed by atoms with Gasteiger partial charge in [-0.05, 0) is 11.6 Å². The second kappa shape index (κ2) is 10.1. The summed E-state index contributed by atoms with van der Waals surface area (Å²) >= 11 is 5.16. The number of benzene rings is 1. The van der Waals surface area contributed by atoms with Gasteiger partial charge < -0.3 is 5.32 Å². The van der Waals surface area contributed by atoms with Gasteiger partial charge >= 0.3 is 0 Å². The first kappa shape index (κ1) is 14.6. The van der Waals surface area contributed by atoms with Crippen LogP contribution in [0.3, 0.4) is 0 Å². The molecule has 0 aliphatic carbocycles. The molecule has 1 N–H and O–H groups in total. The highest BCUT2D eigenvalue weighted by molar-refractivity contribution is 6.67. The molecular formula is C13H16ClNO. The molecule has 0 radical (unpaired) electrons. The predicted octanol–water partition coefficient (Wildman–Crippen LogP) is 3.01. The second-order valence-corrected chi connectivity index (χ2v) is 3.22. The Morgan fingerprint density at radius 1 is 1.19 bits per heavy atom. The SMILES string of the molecule is C=CCNCC=C.O=C(Cl)c1ccccc1. The molecule has 0 aliphatic rings. The zero-order chi connectivity index (χ0) is 12.2. The van der Waals surface area contributed by atoms with E-state index in [1.807, 2.05) is 18.2 Å². The first-order valence-electron chi connectivity index (χ1n) is 4.89. The quantitative estimate of drug-likeness (QED) is 0.485. The summed E-state index contributed by atoms with van der Waals surface area (Å²) in [5.41, 5.74) is 0.541. The van der Waals surface area contributed by atoms with Crippen LogP contribution >= 0.6 is 11.6 Å². The van der Waals surface area contributed by atoms with Crippen molar-refractivity contribution in [2.24, 2.45) is 0 Å². The molecule has 86 valence electrons. The van der Waals surface area contributed by atoms with Gasteiger partial charge in [0.15, 0.2) is 0 Å². The molecule has 0 bridgehead atoms. The van der Waals surface area contributed by atoms with E-state index >= 15 is 0 Å². The summed E-state index contributed by atoms with van der Waals surface area (Å²) in [5.74, 6) is 0. The molecule has 0 unspecified atom stereocenters. The van der Waals surface area contributed by atoms with E-state index < -0.39 is 5.24 Å². The minimum absolute atomic E-state index is 0.407. The van der Waals surface area contributed by atoms with Crippen LogP contribution in [0.15, 0.2) is 55.6 Å². The van der Waals surface area contributed by atoms with E-state index in [2.05, 4.69) is 18.5 Å². The Morgan fingerprint density at radius 2 is 1.69 bits per heavy atom. The van der Waals surface area contributed by atoms with Crippen LogP contribution in [0, 0.1) is 0 Å². The van der Waals surface area contributed by atoms with E-state index in [0.717, 1.165) is 13.1 Å². The molecule has 1 rings (SSSR count). The molecule has 0 fully saturated rings. The van der Waals surface area contributed by atoms with Gasteiger partial charge in [-0.3, -0.25) is 4.79 Å². The molecule has 0 amide bonds. The topological polar surface area (TPSA) is 29.1 Å². The maximum Gasteiger partial charge on any atom is 0.252 e. The molecule has 0 aliphatic heterocycles. The monoisotopic (exact) mass is 237 g/mol. The summed E-state index contributed by atoms with van der Waals surface area (Å²) in [6, 6.07) is 8.74. The van der Waals surface area contributed by atoms with Gasteiger partial charge in [0.2, 0.25) is 0 Å². The normalized spacial score (nSPS) is 8.56. The molecule has 0 atom stereocenters. The fourth-order valence-electron chi connectivity index (χ4n) is 0.857. The summed E-state index contributed by atoms with van der Waals surface area (Å²) < 4.78 is 0. The maximum absolute atomic E-state index is 10.4. The van der Waals surface area contributed by atoms with Crippen LogP contribution in [0.25, 0.3) is 0 Å². The number of nitrogens with one attached hydrogen (secondary N) is 1. The highest BCUT2D eigenvalue weighted by Crippen LogP contribution is 2.01. The Bertz CT molecular complexity index is 314. The minimum atomic E-state index is -0.407. The third-order valence-corrected chi connectivity index (χ3v) is 1.80. The second-order valence-electron chi connectivity index (χ2n) is 2.88. The summed E-state index contributed by atoms with van der Waals surface area (Å²) in [5, 5.41) is 2.64. The van der Waals surface area contributed by atoms with Crippen molar-refractivity contribution in [3.05, 3.63) is 61.2 Å². The molecule has 0 saturated carbocycles. The lowest BCUT2D eigenvalue weighted by atomic mass is 10.2. The molecule has 0 saturated heterocycles. The van der Waals surface area contributed by atoms with Gasteiger partial charge in [-0.15, -0.1) is 13.2 Å². The first-order valence-corrected chi connectivity index (χ1v) is 5.27. The van der Waals surface area contributed by atoms with E-state index in [1.54, 1.807) is 24.3 Å². The Hall–Kier alpha value is -1.38. The van der Waals surface area contributed by atoms with Crippen molar-refractivity contribution >= 4 is 16.8 Å². The van der Waals surface area contributed by atoms with Crippen LogP contribution in [-0.4, -0.2) is 18.3 Å². The fourth-order valence-corrected chi connectivity index (χ4v) is 0.983. The highest BCUT2D eigenvalue weighted by atomic mass is 35.5. The van der Waals surface area contributed by atoms with Gasteiger partial charge in [-0.25, -0.2) is 0 Å². The number of rotatable bonds is 5. The lowest BCUT2D eigenvalue weighted by Crippen LogP contribution is -2.11. The zero-order valence-corrected chi connectivity index (χ0v) is 9.91. The van der Waals surface area contributed by atoms with Crippen molar-refractivity contribution in [3.8, 4) is 0 Å². The van der Waals surface area contributed by atoms with E-state index in [-0.39, 0.29) is 0 Å². The van der Waals surface area contributed by atoms with Gasteiger partial charge in [0.1, 0.15) is 0 Å². The molecule has 2 nitrogen and oxygen atoms in total. The van der Waals surface area contributed by atoms with Crippen molar-refractivity contribution in [1.29, 1.82) is 0 Å². The van der Waals surface area contributed by atoms with E-state index in [0.29, 0.717) is 5.56 Å². The third kappa shape index (κ3) is 7.97. The maximum atomic E-state index is 10.4. The highest BCUT2D eigenvalue weighted by Gasteiger charge is 1.95. The Labute approximate surface area is 102 Å². The van der Waals surface area contributed by atoms with Crippen LogP contribution in [0.4, 0.5) is 0 Å². The molecule has 0 heterocycles. The third-order valence-electron chi connectivity index (χ3n) is 1.58. The van der Waals surface area contributed by atoms with Crippen molar-refractivity contribution in [2.45, 2.75) is 0 Å². The van der Waals surface area contributed by atoms with Crippen LogP contribution in [0.1, 0.15) is 10.4 Å². The van der Waals surface area contributed by atoms with E-state index in [1.165, 1.54) is 0 Å². The molecule has 0 aromatic heterocycles. The molecule has 1 aromatic rings. The zero-order valence-electron chi connectivity index (χ0n) is 9.16. The average Bonchev–Trinajstić information content (AvgIpc) is 2.32. The van der Waals surface area contributed by atoms with Crippen LogP contribution < -0.4 is 5.32 Å². The van der Waals surface area contributed by atoms with Crippen molar-refractivity contribution in [3.63, 3.8) is 0 Å². The lowest BCUT2D eigenvalue weighted by Gasteiger charge is -1.90. The number of hydrogen-bond donors (Lipinski definition) is 1. The smallest absolute Gasteiger partial charge is 0.252 e. The van der Waals surface area contributed by atoms with Crippen molar-refractivity contribution in [2.75, 3.05) is 13.1 Å². The summed E-state index contributed by atoms with van der Waals surface area (Å²) in [7, 11) is 0. The molecular weight excluding hydrogens is 222 g/mol. The van der Waals surface area contributed by atoms with Gasteiger partial charge in [0, 0.05) is 18.7 Å². The summed E-state index contributed by atoms with van der Waals surface area (Å²) in [6.45, 7) is 8.81. The molecule has 1 aromatic carbocycles.